The number of rotatable bonds is 4. The fraction of sp³-hybridized carbons (Fsp3) is 0.895. The molecule has 1 amide bonds. The molecule has 2 unspecified atom stereocenters. The number of piperazine rings is 3. The van der Waals surface area contributed by atoms with E-state index in [9.17, 15) is 4.79 Å². The first-order chi connectivity index (χ1) is 12.8. The number of aliphatic imine (C=N–C) groups is 1. The summed E-state index contributed by atoms with van der Waals surface area (Å²) in [6, 6.07) is 0.628. The predicted octanol–water partition coefficient (Wildman–Crippen LogP) is 0.551. The molecule has 0 aromatic heterocycles. The largest absolute Gasteiger partial charge is 0.444 e. The van der Waals surface area contributed by atoms with Gasteiger partial charge in [0.25, 0.3) is 0 Å². The number of likely N-dealkylation sites (tertiary alicyclic amines) is 1. The Bertz CT molecular complexity index is 539. The number of carbonyl (C=O) groups is 1. The van der Waals surface area contributed by atoms with E-state index < -0.39 is 5.60 Å². The number of guanidine groups is 1. The van der Waals surface area contributed by atoms with Crippen LogP contribution < -0.4 is 10.6 Å². The Balaban J connectivity index is 1.52. The average molecular weight is 381 g/mol. The summed E-state index contributed by atoms with van der Waals surface area (Å²) < 4.78 is 5.37. The monoisotopic (exact) mass is 380 g/mol. The molecule has 0 aromatic carbocycles. The Morgan fingerprint density at radius 3 is 2.48 bits per heavy atom. The lowest BCUT2D eigenvalue weighted by molar-refractivity contribution is 0.0173. The number of fused-ring (bicyclic) bond motifs is 3. The van der Waals surface area contributed by atoms with Crippen LogP contribution in [0.3, 0.4) is 0 Å². The normalized spacial score (nSPS) is 31.1. The van der Waals surface area contributed by atoms with E-state index in [4.69, 9.17) is 9.73 Å². The van der Waals surface area contributed by atoms with Gasteiger partial charge in [-0.3, -0.25) is 14.8 Å². The van der Waals surface area contributed by atoms with Crippen LogP contribution in [0.4, 0.5) is 4.79 Å². The smallest absolute Gasteiger partial charge is 0.407 e. The van der Waals surface area contributed by atoms with E-state index in [1.165, 1.54) is 26.2 Å². The van der Waals surface area contributed by atoms with Crippen LogP contribution >= 0.6 is 0 Å². The lowest BCUT2D eigenvalue weighted by Gasteiger charge is -2.47. The van der Waals surface area contributed by atoms with Gasteiger partial charge in [-0.15, -0.1) is 0 Å². The fourth-order valence-corrected chi connectivity index (χ4v) is 4.06. The number of hydrogen-bond acceptors (Lipinski definition) is 5. The van der Waals surface area contributed by atoms with Crippen molar-refractivity contribution < 1.29 is 9.53 Å². The van der Waals surface area contributed by atoms with Gasteiger partial charge in [0.05, 0.1) is 12.6 Å². The molecule has 4 heterocycles. The van der Waals surface area contributed by atoms with Gasteiger partial charge in [-0.1, -0.05) is 0 Å². The molecule has 154 valence electrons. The highest BCUT2D eigenvalue weighted by atomic mass is 16.6. The molecular weight excluding hydrogens is 344 g/mol. The van der Waals surface area contributed by atoms with Crippen molar-refractivity contribution in [2.24, 2.45) is 4.99 Å². The summed E-state index contributed by atoms with van der Waals surface area (Å²) in [5.74, 6) is 0.962. The average Bonchev–Trinajstić information content (AvgIpc) is 3.06. The third-order valence-electron chi connectivity index (χ3n) is 5.39. The van der Waals surface area contributed by atoms with Crippen molar-refractivity contribution >= 4 is 12.1 Å². The van der Waals surface area contributed by atoms with Crippen molar-refractivity contribution in [1.82, 2.24) is 25.3 Å². The van der Waals surface area contributed by atoms with Crippen LogP contribution in [0.1, 0.15) is 34.1 Å². The third kappa shape index (κ3) is 5.72. The molecule has 0 spiro atoms. The Morgan fingerprint density at radius 1 is 1.15 bits per heavy atom. The van der Waals surface area contributed by atoms with Gasteiger partial charge in [-0.2, -0.15) is 0 Å². The fourth-order valence-electron chi connectivity index (χ4n) is 4.06. The highest BCUT2D eigenvalue weighted by molar-refractivity contribution is 5.80. The summed E-state index contributed by atoms with van der Waals surface area (Å²) in [6.07, 6.45) is 0.573. The second-order valence-electron chi connectivity index (χ2n) is 8.76. The van der Waals surface area contributed by atoms with E-state index >= 15 is 0 Å². The SMILES string of the molecule is CCNC(=NCC1CN2CCN1CC2)N1CCC(NC(=O)OC(C)(C)C)C1. The lowest BCUT2D eigenvalue weighted by Crippen LogP contribution is -2.62. The molecule has 4 aliphatic heterocycles. The molecule has 0 aliphatic carbocycles. The number of hydrogen-bond donors (Lipinski definition) is 2. The van der Waals surface area contributed by atoms with E-state index in [0.29, 0.717) is 6.04 Å². The zero-order valence-corrected chi connectivity index (χ0v) is 17.3. The van der Waals surface area contributed by atoms with Gasteiger partial charge in [0, 0.05) is 58.4 Å². The first-order valence-corrected chi connectivity index (χ1v) is 10.3. The van der Waals surface area contributed by atoms with Crippen LogP contribution in [-0.2, 0) is 4.74 Å². The molecule has 2 bridgehead atoms. The summed E-state index contributed by atoms with van der Waals surface area (Å²) in [5, 5.41) is 6.41. The van der Waals surface area contributed by atoms with Gasteiger partial charge in [-0.25, -0.2) is 4.79 Å². The standard InChI is InChI=1S/C19H36N6O2/c1-5-20-17(21-12-16-14-23-8-10-24(16)11-9-23)25-7-6-15(13-25)22-18(26)27-19(2,3)4/h15-16H,5-14H2,1-4H3,(H,20,21)(H,22,26). The summed E-state index contributed by atoms with van der Waals surface area (Å²) in [6.45, 7) is 17.0. The Kier molecular flexibility index (Phi) is 6.47. The molecule has 8 nitrogen and oxygen atoms in total. The summed E-state index contributed by atoms with van der Waals surface area (Å²) in [5.41, 5.74) is -0.469. The number of alkyl carbamates (subject to hydrolysis) is 1. The number of nitrogens with one attached hydrogen (secondary N) is 2. The molecular formula is C19H36N6O2. The molecule has 0 saturated carbocycles. The molecule has 4 fully saturated rings. The Morgan fingerprint density at radius 2 is 1.89 bits per heavy atom. The van der Waals surface area contributed by atoms with E-state index in [0.717, 1.165) is 45.1 Å². The Hall–Kier alpha value is -1.54. The van der Waals surface area contributed by atoms with Gasteiger partial charge in [-0.05, 0) is 34.1 Å². The molecule has 2 atom stereocenters. The van der Waals surface area contributed by atoms with Crippen molar-refractivity contribution in [1.29, 1.82) is 0 Å². The highest BCUT2D eigenvalue weighted by Gasteiger charge is 2.32. The summed E-state index contributed by atoms with van der Waals surface area (Å²) in [7, 11) is 0. The zero-order valence-electron chi connectivity index (χ0n) is 17.3. The number of nitrogens with zero attached hydrogens (tertiary/aromatic N) is 4. The van der Waals surface area contributed by atoms with Crippen molar-refractivity contribution in [2.45, 2.75) is 51.8 Å². The first kappa shape index (κ1) is 20.2. The van der Waals surface area contributed by atoms with Gasteiger partial charge in [0.1, 0.15) is 5.60 Å². The predicted molar refractivity (Wildman–Crippen MR) is 107 cm³/mol. The van der Waals surface area contributed by atoms with Crippen LogP contribution in [0.2, 0.25) is 0 Å². The summed E-state index contributed by atoms with van der Waals surface area (Å²) >= 11 is 0. The lowest BCUT2D eigenvalue weighted by atomic mass is 10.1. The van der Waals surface area contributed by atoms with E-state index in [1.54, 1.807) is 0 Å². The number of ether oxygens (including phenoxy) is 1. The minimum absolute atomic E-state index is 0.101. The minimum Gasteiger partial charge on any atom is -0.444 e. The van der Waals surface area contributed by atoms with Crippen molar-refractivity contribution in [3.8, 4) is 0 Å². The Labute approximate surface area is 163 Å². The maximum atomic E-state index is 12.0. The zero-order chi connectivity index (χ0) is 19.4. The second-order valence-corrected chi connectivity index (χ2v) is 8.76. The van der Waals surface area contributed by atoms with Crippen LogP contribution in [-0.4, -0.2) is 103 Å². The highest BCUT2D eigenvalue weighted by Crippen LogP contribution is 2.16. The maximum absolute atomic E-state index is 12.0. The van der Waals surface area contributed by atoms with Crippen molar-refractivity contribution in [3.63, 3.8) is 0 Å². The molecule has 4 rings (SSSR count). The molecule has 2 N–H and O–H groups in total. The van der Waals surface area contributed by atoms with Gasteiger partial charge in [0.2, 0.25) is 0 Å². The molecule has 4 saturated heterocycles. The first-order valence-electron chi connectivity index (χ1n) is 10.3. The van der Waals surface area contributed by atoms with Gasteiger partial charge >= 0.3 is 6.09 Å². The van der Waals surface area contributed by atoms with E-state index in [2.05, 4.69) is 32.3 Å². The molecule has 4 aliphatic rings. The van der Waals surface area contributed by atoms with Crippen LogP contribution in [0.5, 0.6) is 0 Å². The minimum atomic E-state index is -0.469. The quantitative estimate of drug-likeness (QED) is 0.548. The van der Waals surface area contributed by atoms with Crippen LogP contribution in [0.25, 0.3) is 0 Å². The molecule has 8 heteroatoms. The summed E-state index contributed by atoms with van der Waals surface area (Å²) in [4.78, 5) is 24.3. The molecule has 0 radical (unpaired) electrons. The van der Waals surface area contributed by atoms with Crippen molar-refractivity contribution in [3.05, 3.63) is 0 Å². The maximum Gasteiger partial charge on any atom is 0.407 e. The third-order valence-corrected chi connectivity index (χ3v) is 5.39. The van der Waals surface area contributed by atoms with E-state index in [-0.39, 0.29) is 12.1 Å². The van der Waals surface area contributed by atoms with Crippen molar-refractivity contribution in [2.75, 3.05) is 58.9 Å². The van der Waals surface area contributed by atoms with Gasteiger partial charge in [0.15, 0.2) is 5.96 Å². The number of carbonyl (C=O) groups excluding carboxylic acids is 1. The van der Waals surface area contributed by atoms with Gasteiger partial charge < -0.3 is 20.3 Å². The molecule has 0 aromatic rings. The topological polar surface area (TPSA) is 72.4 Å². The van der Waals surface area contributed by atoms with Crippen LogP contribution in [0, 0.1) is 0 Å². The van der Waals surface area contributed by atoms with Crippen LogP contribution in [0.15, 0.2) is 4.99 Å². The van der Waals surface area contributed by atoms with E-state index in [1.807, 2.05) is 20.8 Å². The second kappa shape index (κ2) is 8.65. The number of amides is 1. The molecule has 27 heavy (non-hydrogen) atoms.